The van der Waals surface area contributed by atoms with Crippen LogP contribution in [0.3, 0.4) is 0 Å². The van der Waals surface area contributed by atoms with Gasteiger partial charge in [0, 0.05) is 16.5 Å². The Morgan fingerprint density at radius 2 is 2.00 bits per heavy atom. The molecule has 1 aromatic carbocycles. The van der Waals surface area contributed by atoms with Crippen LogP contribution in [0, 0.1) is 6.92 Å². The summed E-state index contributed by atoms with van der Waals surface area (Å²) in [6, 6.07) is 5.32. The van der Waals surface area contributed by atoms with Crippen molar-refractivity contribution in [3.05, 3.63) is 34.3 Å². The molecule has 4 heteroatoms. The van der Waals surface area contributed by atoms with Gasteiger partial charge in [-0.15, -0.1) is 11.6 Å². The molecule has 0 radical (unpaired) electrons. The lowest BCUT2D eigenvalue weighted by Gasteiger charge is -2.18. The number of hydrogen-bond acceptors (Lipinski definition) is 2. The van der Waals surface area contributed by atoms with Crippen molar-refractivity contribution in [3.63, 3.8) is 0 Å². The largest absolute Gasteiger partial charge is 0.390 e. The minimum atomic E-state index is -0.975. The fourth-order valence-corrected chi connectivity index (χ4v) is 1.92. The Bertz CT molecular complexity index is 328. The molecule has 0 spiro atoms. The fraction of sp³-hybridized carbons (Fsp3) is 0.455. The molecule has 0 aliphatic rings. The number of hydrogen-bond donors (Lipinski definition) is 2. The van der Waals surface area contributed by atoms with Crippen molar-refractivity contribution in [2.45, 2.75) is 25.6 Å². The van der Waals surface area contributed by atoms with Crippen LogP contribution in [0.2, 0.25) is 5.02 Å². The van der Waals surface area contributed by atoms with Gasteiger partial charge in [0.05, 0.1) is 6.10 Å². The summed E-state index contributed by atoms with van der Waals surface area (Å²) >= 11 is 11.5. The average molecular weight is 249 g/mol. The van der Waals surface area contributed by atoms with Gasteiger partial charge in [0.15, 0.2) is 0 Å². The van der Waals surface area contributed by atoms with Crippen molar-refractivity contribution in [1.82, 2.24) is 0 Å². The van der Waals surface area contributed by atoms with E-state index in [1.165, 1.54) is 0 Å². The maximum Gasteiger partial charge on any atom is 0.106 e. The lowest BCUT2D eigenvalue weighted by atomic mass is 10.0. The van der Waals surface area contributed by atoms with Gasteiger partial charge in [-0.1, -0.05) is 23.7 Å². The Morgan fingerprint density at radius 3 is 2.53 bits per heavy atom. The van der Waals surface area contributed by atoms with Crippen LogP contribution in [0.15, 0.2) is 18.2 Å². The second kappa shape index (κ2) is 5.71. The van der Waals surface area contributed by atoms with E-state index < -0.39 is 12.2 Å². The number of aliphatic hydroxyl groups excluding tert-OH is 2. The summed E-state index contributed by atoms with van der Waals surface area (Å²) in [6.07, 6.45) is -1.51. The zero-order valence-electron chi connectivity index (χ0n) is 8.45. The molecule has 15 heavy (non-hydrogen) atoms. The molecule has 2 N–H and O–H groups in total. The van der Waals surface area contributed by atoms with Gasteiger partial charge in [0.2, 0.25) is 0 Å². The lowest BCUT2D eigenvalue weighted by Crippen LogP contribution is -2.19. The van der Waals surface area contributed by atoms with E-state index in [1.54, 1.807) is 12.1 Å². The zero-order chi connectivity index (χ0) is 11.4. The minimum Gasteiger partial charge on any atom is -0.390 e. The van der Waals surface area contributed by atoms with Crippen LogP contribution < -0.4 is 0 Å². The highest BCUT2D eigenvalue weighted by atomic mass is 35.5. The van der Waals surface area contributed by atoms with E-state index in [0.29, 0.717) is 22.9 Å². The monoisotopic (exact) mass is 248 g/mol. The maximum atomic E-state index is 9.80. The normalized spacial score (nSPS) is 15.0. The fourth-order valence-electron chi connectivity index (χ4n) is 1.35. The number of aryl methyl sites for hydroxylation is 1. The maximum absolute atomic E-state index is 9.80. The molecular formula is C11H14Cl2O2. The second-order valence-corrected chi connectivity index (χ2v) is 4.30. The third-order valence-corrected chi connectivity index (χ3v) is 2.79. The molecule has 0 heterocycles. The Morgan fingerprint density at radius 1 is 1.33 bits per heavy atom. The molecule has 0 bridgehead atoms. The highest BCUT2D eigenvalue weighted by molar-refractivity contribution is 6.31. The van der Waals surface area contributed by atoms with Gasteiger partial charge in [-0.05, 0) is 25.0 Å². The van der Waals surface area contributed by atoms with Crippen LogP contribution in [0.25, 0.3) is 0 Å². The van der Waals surface area contributed by atoms with Crippen LogP contribution in [-0.4, -0.2) is 22.2 Å². The van der Waals surface area contributed by atoms with Gasteiger partial charge >= 0.3 is 0 Å². The van der Waals surface area contributed by atoms with Gasteiger partial charge in [-0.3, -0.25) is 0 Å². The molecular weight excluding hydrogens is 235 g/mol. The Balaban J connectivity index is 2.86. The zero-order valence-corrected chi connectivity index (χ0v) is 9.96. The van der Waals surface area contributed by atoms with Gasteiger partial charge in [-0.25, -0.2) is 0 Å². The van der Waals surface area contributed by atoms with Crippen LogP contribution in [-0.2, 0) is 0 Å². The Hall–Kier alpha value is -0.280. The van der Waals surface area contributed by atoms with Crippen molar-refractivity contribution in [1.29, 1.82) is 0 Å². The summed E-state index contributed by atoms with van der Waals surface area (Å²) in [5, 5.41) is 19.8. The van der Waals surface area contributed by atoms with E-state index >= 15 is 0 Å². The third kappa shape index (κ3) is 3.35. The summed E-state index contributed by atoms with van der Waals surface area (Å²) in [5.74, 6) is 0.307. The molecule has 84 valence electrons. The molecule has 2 atom stereocenters. The molecule has 0 aliphatic carbocycles. The first-order valence-electron chi connectivity index (χ1n) is 4.74. The van der Waals surface area contributed by atoms with Crippen molar-refractivity contribution in [2.24, 2.45) is 0 Å². The summed E-state index contributed by atoms with van der Waals surface area (Å²) in [5.41, 5.74) is 1.56. The summed E-state index contributed by atoms with van der Waals surface area (Å²) in [7, 11) is 0. The molecule has 0 saturated carbocycles. The highest BCUT2D eigenvalue weighted by Crippen LogP contribution is 2.27. The predicted octanol–water partition coefficient (Wildman–Crippen LogP) is 2.67. The van der Waals surface area contributed by atoms with Gasteiger partial charge in [0.1, 0.15) is 6.10 Å². The van der Waals surface area contributed by atoms with Crippen molar-refractivity contribution in [3.8, 4) is 0 Å². The molecule has 2 unspecified atom stereocenters. The summed E-state index contributed by atoms with van der Waals surface area (Å²) < 4.78 is 0. The predicted molar refractivity (Wildman–Crippen MR) is 62.5 cm³/mol. The lowest BCUT2D eigenvalue weighted by molar-refractivity contribution is 0.0170. The van der Waals surface area contributed by atoms with E-state index in [9.17, 15) is 10.2 Å². The van der Waals surface area contributed by atoms with E-state index in [2.05, 4.69) is 0 Å². The molecule has 0 fully saturated rings. The Kier molecular flexibility index (Phi) is 4.87. The minimum absolute atomic E-state index is 0.307. The Labute approximate surface area is 99.5 Å². The number of halogens is 2. The van der Waals surface area contributed by atoms with E-state index in [0.717, 1.165) is 5.56 Å². The van der Waals surface area contributed by atoms with Gasteiger partial charge < -0.3 is 10.2 Å². The van der Waals surface area contributed by atoms with Crippen LogP contribution >= 0.6 is 23.2 Å². The number of aliphatic hydroxyl groups is 2. The second-order valence-electron chi connectivity index (χ2n) is 3.51. The van der Waals surface area contributed by atoms with Crippen LogP contribution in [0.4, 0.5) is 0 Å². The number of benzene rings is 1. The molecule has 0 aromatic heterocycles. The third-order valence-electron chi connectivity index (χ3n) is 2.24. The molecule has 0 aliphatic heterocycles. The molecule has 0 amide bonds. The summed E-state index contributed by atoms with van der Waals surface area (Å²) in [4.78, 5) is 0. The topological polar surface area (TPSA) is 40.5 Å². The standard InChI is InChI=1S/C11H14Cl2O2/c1-7-2-3-8(9(13)6-7)11(15)10(14)4-5-12/h2-3,6,10-11,14-15H,4-5H2,1H3. The first kappa shape index (κ1) is 12.8. The molecule has 2 nitrogen and oxygen atoms in total. The molecule has 0 saturated heterocycles. The molecule has 1 aromatic rings. The van der Waals surface area contributed by atoms with Crippen LogP contribution in [0.5, 0.6) is 0 Å². The average Bonchev–Trinajstić information content (AvgIpc) is 2.17. The van der Waals surface area contributed by atoms with Crippen molar-refractivity contribution < 1.29 is 10.2 Å². The van der Waals surface area contributed by atoms with E-state index in [1.807, 2.05) is 13.0 Å². The quantitative estimate of drug-likeness (QED) is 0.805. The number of rotatable bonds is 4. The van der Waals surface area contributed by atoms with Crippen LogP contribution in [0.1, 0.15) is 23.7 Å². The first-order chi connectivity index (χ1) is 7.06. The van der Waals surface area contributed by atoms with Crippen molar-refractivity contribution >= 4 is 23.2 Å². The van der Waals surface area contributed by atoms with Crippen molar-refractivity contribution in [2.75, 3.05) is 5.88 Å². The van der Waals surface area contributed by atoms with E-state index in [4.69, 9.17) is 23.2 Å². The van der Waals surface area contributed by atoms with Gasteiger partial charge in [-0.2, -0.15) is 0 Å². The van der Waals surface area contributed by atoms with Gasteiger partial charge in [0.25, 0.3) is 0 Å². The summed E-state index contributed by atoms with van der Waals surface area (Å²) in [6.45, 7) is 1.91. The highest BCUT2D eigenvalue weighted by Gasteiger charge is 2.19. The SMILES string of the molecule is Cc1ccc(C(O)C(O)CCCl)c(Cl)c1. The smallest absolute Gasteiger partial charge is 0.106 e. The first-order valence-corrected chi connectivity index (χ1v) is 5.65. The van der Waals surface area contributed by atoms with E-state index in [-0.39, 0.29) is 0 Å². The molecule has 1 rings (SSSR count). The number of alkyl halides is 1.